The fourth-order valence-corrected chi connectivity index (χ4v) is 3.18. The summed E-state index contributed by atoms with van der Waals surface area (Å²) in [4.78, 5) is 13.8. The van der Waals surface area contributed by atoms with Gasteiger partial charge in [-0.2, -0.15) is 0 Å². The van der Waals surface area contributed by atoms with E-state index in [0.29, 0.717) is 0 Å². The predicted molar refractivity (Wildman–Crippen MR) is 94.8 cm³/mol. The third kappa shape index (κ3) is 4.76. The van der Waals surface area contributed by atoms with E-state index >= 15 is 0 Å². The fourth-order valence-electron chi connectivity index (χ4n) is 3.18. The van der Waals surface area contributed by atoms with E-state index < -0.39 is 0 Å². The fraction of sp³-hybridized carbons (Fsp3) is 0.474. The Kier molecular flexibility index (Phi) is 5.59. The van der Waals surface area contributed by atoms with Gasteiger partial charge in [0.25, 0.3) is 0 Å². The highest BCUT2D eigenvalue weighted by Crippen LogP contribution is 2.13. The van der Waals surface area contributed by atoms with Crippen LogP contribution < -0.4 is 4.90 Å². The highest BCUT2D eigenvalue weighted by atomic mass is 15.2. The highest BCUT2D eigenvalue weighted by Gasteiger charge is 2.16. The number of aromatic nitrogens is 2. The van der Waals surface area contributed by atoms with E-state index in [0.717, 1.165) is 31.1 Å². The maximum atomic E-state index is 4.61. The van der Waals surface area contributed by atoms with Gasteiger partial charge in [0.1, 0.15) is 5.82 Å². The number of anilines is 1. The molecule has 1 fully saturated rings. The summed E-state index contributed by atoms with van der Waals surface area (Å²) in [5.41, 5.74) is 2.44. The Morgan fingerprint density at radius 1 is 1.00 bits per heavy atom. The molecule has 0 atom stereocenters. The third-order valence-electron chi connectivity index (χ3n) is 4.44. The Labute approximate surface area is 139 Å². The summed E-state index contributed by atoms with van der Waals surface area (Å²) in [5.74, 6) is 1.02. The molecule has 1 aromatic heterocycles. The van der Waals surface area contributed by atoms with Crippen LogP contribution in [0, 0.1) is 6.92 Å². The van der Waals surface area contributed by atoms with Crippen molar-refractivity contribution in [2.45, 2.75) is 26.2 Å². The van der Waals surface area contributed by atoms with Crippen LogP contribution in [-0.2, 0) is 6.42 Å². The number of hydrogen-bond acceptors (Lipinski definition) is 4. The maximum Gasteiger partial charge on any atom is 0.147 e. The summed E-state index contributed by atoms with van der Waals surface area (Å²) in [6.07, 6.45) is 7.30. The number of rotatable bonds is 5. The quantitative estimate of drug-likeness (QED) is 0.850. The molecule has 4 nitrogen and oxygen atoms in total. The molecule has 0 N–H and O–H groups in total. The minimum atomic E-state index is 0.992. The summed E-state index contributed by atoms with van der Waals surface area (Å²) in [6.45, 7) is 7.61. The van der Waals surface area contributed by atoms with Crippen molar-refractivity contribution in [2.24, 2.45) is 0 Å². The monoisotopic (exact) mass is 310 g/mol. The lowest BCUT2D eigenvalue weighted by atomic mass is 10.1. The van der Waals surface area contributed by atoms with Crippen molar-refractivity contribution in [3.63, 3.8) is 0 Å². The smallest absolute Gasteiger partial charge is 0.147 e. The van der Waals surface area contributed by atoms with E-state index in [4.69, 9.17) is 0 Å². The lowest BCUT2D eigenvalue weighted by Crippen LogP contribution is -2.32. The minimum Gasteiger partial charge on any atom is -0.354 e. The predicted octanol–water partition coefficient (Wildman–Crippen LogP) is 2.93. The molecule has 2 aromatic rings. The van der Waals surface area contributed by atoms with Crippen LogP contribution in [0.4, 0.5) is 5.82 Å². The first-order valence-electron chi connectivity index (χ1n) is 8.61. The average Bonchev–Trinajstić information content (AvgIpc) is 2.82. The molecule has 4 heteroatoms. The molecule has 1 saturated heterocycles. The molecule has 23 heavy (non-hydrogen) atoms. The lowest BCUT2D eigenvalue weighted by Gasteiger charge is -2.22. The Hall–Kier alpha value is -1.94. The molecule has 0 bridgehead atoms. The van der Waals surface area contributed by atoms with Crippen LogP contribution in [0.3, 0.4) is 0 Å². The van der Waals surface area contributed by atoms with E-state index in [2.05, 4.69) is 50.1 Å². The number of hydrogen-bond donors (Lipinski definition) is 0. The SMILES string of the molecule is Cc1cncc(N2CCCN(CCCc3ccccc3)CC2)n1. The number of aryl methyl sites for hydroxylation is 2. The van der Waals surface area contributed by atoms with Gasteiger partial charge in [-0.25, -0.2) is 4.98 Å². The van der Waals surface area contributed by atoms with Crippen molar-refractivity contribution in [2.75, 3.05) is 37.6 Å². The van der Waals surface area contributed by atoms with E-state index in [9.17, 15) is 0 Å². The van der Waals surface area contributed by atoms with Crippen LogP contribution >= 0.6 is 0 Å². The first kappa shape index (κ1) is 15.9. The van der Waals surface area contributed by atoms with Crippen LogP contribution in [0.25, 0.3) is 0 Å². The standard InChI is InChI=1S/C19H26N4/c1-17-15-20-16-19(21-17)23-12-6-11-22(13-14-23)10-5-9-18-7-3-2-4-8-18/h2-4,7-8,15-16H,5-6,9-14H2,1H3. The molecular weight excluding hydrogens is 284 g/mol. The third-order valence-corrected chi connectivity index (χ3v) is 4.44. The van der Waals surface area contributed by atoms with Gasteiger partial charge in [0.2, 0.25) is 0 Å². The Morgan fingerprint density at radius 2 is 1.87 bits per heavy atom. The first-order valence-corrected chi connectivity index (χ1v) is 8.61. The van der Waals surface area contributed by atoms with E-state index in [-0.39, 0.29) is 0 Å². The van der Waals surface area contributed by atoms with Crippen LogP contribution in [0.2, 0.25) is 0 Å². The van der Waals surface area contributed by atoms with Crippen LogP contribution in [0.15, 0.2) is 42.7 Å². The summed E-state index contributed by atoms with van der Waals surface area (Å²) >= 11 is 0. The van der Waals surface area contributed by atoms with Crippen molar-refractivity contribution in [3.8, 4) is 0 Å². The first-order chi connectivity index (χ1) is 11.3. The summed E-state index contributed by atoms with van der Waals surface area (Å²) < 4.78 is 0. The van der Waals surface area contributed by atoms with Gasteiger partial charge in [0.05, 0.1) is 11.9 Å². The summed E-state index contributed by atoms with van der Waals surface area (Å²) in [6, 6.07) is 10.8. The molecule has 2 heterocycles. The van der Waals surface area contributed by atoms with Gasteiger partial charge in [-0.05, 0) is 44.8 Å². The van der Waals surface area contributed by atoms with Gasteiger partial charge < -0.3 is 9.80 Å². The zero-order valence-electron chi connectivity index (χ0n) is 14.0. The molecule has 1 aliphatic rings. The van der Waals surface area contributed by atoms with Gasteiger partial charge >= 0.3 is 0 Å². The largest absolute Gasteiger partial charge is 0.354 e. The molecule has 0 amide bonds. The molecule has 0 unspecified atom stereocenters. The van der Waals surface area contributed by atoms with Gasteiger partial charge in [-0.1, -0.05) is 30.3 Å². The zero-order chi connectivity index (χ0) is 15.9. The van der Waals surface area contributed by atoms with Gasteiger partial charge in [-0.3, -0.25) is 4.98 Å². The minimum absolute atomic E-state index is 0.992. The topological polar surface area (TPSA) is 32.3 Å². The Morgan fingerprint density at radius 3 is 2.70 bits per heavy atom. The Balaban J connectivity index is 1.47. The number of nitrogens with zero attached hydrogens (tertiary/aromatic N) is 4. The summed E-state index contributed by atoms with van der Waals surface area (Å²) in [7, 11) is 0. The Bertz CT molecular complexity index is 599. The molecule has 1 aliphatic heterocycles. The van der Waals surface area contributed by atoms with Gasteiger partial charge in [0.15, 0.2) is 0 Å². The van der Waals surface area contributed by atoms with E-state index in [1.807, 2.05) is 19.3 Å². The zero-order valence-corrected chi connectivity index (χ0v) is 14.0. The molecule has 0 radical (unpaired) electrons. The maximum absolute atomic E-state index is 4.61. The molecule has 122 valence electrons. The molecule has 1 aromatic carbocycles. The van der Waals surface area contributed by atoms with Crippen molar-refractivity contribution >= 4 is 5.82 Å². The van der Waals surface area contributed by atoms with Crippen LogP contribution in [0.1, 0.15) is 24.1 Å². The number of benzene rings is 1. The lowest BCUT2D eigenvalue weighted by molar-refractivity contribution is 0.290. The molecule has 0 saturated carbocycles. The van der Waals surface area contributed by atoms with Crippen LogP contribution in [-0.4, -0.2) is 47.6 Å². The van der Waals surface area contributed by atoms with Crippen LogP contribution in [0.5, 0.6) is 0 Å². The van der Waals surface area contributed by atoms with Gasteiger partial charge in [0, 0.05) is 25.8 Å². The van der Waals surface area contributed by atoms with Gasteiger partial charge in [-0.15, -0.1) is 0 Å². The second-order valence-corrected chi connectivity index (χ2v) is 6.29. The second-order valence-electron chi connectivity index (χ2n) is 6.29. The van der Waals surface area contributed by atoms with E-state index in [1.54, 1.807) is 0 Å². The molecule has 3 rings (SSSR count). The highest BCUT2D eigenvalue weighted by molar-refractivity contribution is 5.36. The summed E-state index contributed by atoms with van der Waals surface area (Å²) in [5, 5.41) is 0. The molecule has 0 spiro atoms. The normalized spacial score (nSPS) is 16.3. The van der Waals surface area contributed by atoms with E-state index in [1.165, 1.54) is 37.9 Å². The molecular formula is C19H26N4. The van der Waals surface area contributed by atoms with Crippen molar-refractivity contribution in [3.05, 3.63) is 54.0 Å². The van der Waals surface area contributed by atoms with Crippen molar-refractivity contribution in [1.29, 1.82) is 0 Å². The van der Waals surface area contributed by atoms with Crippen molar-refractivity contribution in [1.82, 2.24) is 14.9 Å². The second kappa shape index (κ2) is 8.06. The van der Waals surface area contributed by atoms with Crippen molar-refractivity contribution < 1.29 is 0 Å². The average molecular weight is 310 g/mol. The molecule has 0 aliphatic carbocycles.